The molecule has 0 radical (unpaired) electrons. The second kappa shape index (κ2) is 21.8. The highest BCUT2D eigenvalue weighted by Gasteiger charge is 2.47. The quantitative estimate of drug-likeness (QED) is 0.126. The first kappa shape index (κ1) is 53.7. The maximum Gasteiger partial charge on any atom is 0.249 e. The van der Waals surface area contributed by atoms with Gasteiger partial charge in [-0.25, -0.2) is 0 Å². The molecule has 0 aliphatic carbocycles. The summed E-state index contributed by atoms with van der Waals surface area (Å²) in [7, 11) is 0. The summed E-state index contributed by atoms with van der Waals surface area (Å²) in [6, 6.07) is 124. The van der Waals surface area contributed by atoms with E-state index < -0.39 is 0 Å². The molecular weight excluding hydrogens is 1160 g/mol. The number of aromatic nitrogens is 1. The Morgan fingerprint density at radius 2 is 0.720 bits per heavy atom. The van der Waals surface area contributed by atoms with Gasteiger partial charge in [0.2, 0.25) is 13.4 Å². The average Bonchev–Trinajstić information content (AvgIpc) is 1.24. The van der Waals surface area contributed by atoms with Crippen molar-refractivity contribution in [1.82, 2.24) is 4.57 Å². The van der Waals surface area contributed by atoms with Crippen LogP contribution in [0.3, 0.4) is 0 Å². The van der Waals surface area contributed by atoms with Crippen LogP contribution >= 0.6 is 23.5 Å². The summed E-state index contributed by atoms with van der Waals surface area (Å²) in [5.74, 6) is 0. The molecule has 9 heteroatoms. The maximum atomic E-state index is 2.66. The Labute approximate surface area is 550 Å². The highest BCUT2D eigenvalue weighted by molar-refractivity contribution is 8.00. The zero-order valence-electron chi connectivity index (χ0n) is 50.5. The second-order valence-electron chi connectivity index (χ2n) is 24.3. The van der Waals surface area contributed by atoms with Gasteiger partial charge in [0.05, 0.1) is 16.7 Å². The predicted octanol–water partition coefficient (Wildman–Crippen LogP) is 18.9. The Bertz CT molecular complexity index is 5360. The van der Waals surface area contributed by atoms with Crippen molar-refractivity contribution in [1.29, 1.82) is 0 Å². The highest BCUT2D eigenvalue weighted by atomic mass is 32.2. The van der Waals surface area contributed by atoms with Gasteiger partial charge >= 0.3 is 0 Å². The van der Waals surface area contributed by atoms with Gasteiger partial charge in [0.1, 0.15) is 0 Å². The number of hydrogen-bond donors (Lipinski definition) is 0. The fraction of sp³-hybridized carbons (Fsp3) is 0. The molecule has 0 fully saturated rings. The number of para-hydroxylation sites is 10. The minimum absolute atomic E-state index is 0.0799. The molecule has 1 aromatic heterocycles. The lowest BCUT2D eigenvalue weighted by Crippen LogP contribution is -2.64. The van der Waals surface area contributed by atoms with Gasteiger partial charge in [0.15, 0.2) is 0 Å². The van der Waals surface area contributed by atoms with E-state index in [1.54, 1.807) is 0 Å². The van der Waals surface area contributed by atoms with Gasteiger partial charge in [-0.3, -0.25) is 0 Å². The third-order valence-electron chi connectivity index (χ3n) is 19.2. The van der Waals surface area contributed by atoms with Crippen LogP contribution in [0.2, 0.25) is 0 Å². The van der Waals surface area contributed by atoms with Crippen molar-refractivity contribution >= 4 is 160 Å². The zero-order valence-corrected chi connectivity index (χ0v) is 52.1. The number of anilines is 12. The van der Waals surface area contributed by atoms with Crippen LogP contribution in [0.4, 0.5) is 68.2 Å². The van der Waals surface area contributed by atoms with Crippen molar-refractivity contribution in [3.8, 4) is 16.8 Å². The molecule has 5 nitrogen and oxygen atoms in total. The highest BCUT2D eigenvalue weighted by Crippen LogP contribution is 2.52. The molecule has 0 saturated heterocycles. The molecule has 15 aromatic rings. The summed E-state index contributed by atoms with van der Waals surface area (Å²) < 4.78 is 2.48. The first-order valence-electron chi connectivity index (χ1n) is 31.9. The standard InChI is InChI=1S/C84H55B2N5S2/c1-7-28-56(29-8-1)87(57-30-9-2-10-31-57)62-50-76-82-81(53-62)93-79-55-75-70(54-71(79)85(82)68-44-21-25-48-74(68)89(76)60-36-15-5-16-37-60)86-69-45-22-26-49-78(69)92-80-52-63(88(58-32-11-3-12-33-58)59-34-13-4-14-35-59)51-77(83(80)86)91(75)73-47-24-20-41-65(73)67-43-27-42-66-64-40-19-23-46-72(64)90(84(66)67)61-38-17-6-18-39-61/h1-55H. The SMILES string of the molecule is c1ccc(N(c2ccccc2)c2cc3c4c(c2)N(c2ccccc2)c2ccccc2B4c2cc4c(cc2S3)N(c2ccccc2-c2cccc3c5ccccc5n(-c5ccccc5)c23)c2cc(N(c3ccccc3)c3ccccc3)cc3c2B4c2ccccc2S3)cc1. The van der Waals surface area contributed by atoms with Gasteiger partial charge < -0.3 is 24.2 Å². The van der Waals surface area contributed by atoms with Crippen molar-refractivity contribution in [2.45, 2.75) is 19.6 Å². The lowest BCUT2D eigenvalue weighted by molar-refractivity contribution is 1.18. The van der Waals surface area contributed by atoms with Crippen molar-refractivity contribution in [2.24, 2.45) is 0 Å². The van der Waals surface area contributed by atoms with Gasteiger partial charge in [-0.05, 0) is 149 Å². The first-order valence-corrected chi connectivity index (χ1v) is 33.5. The molecule has 0 unspecified atom stereocenters. The Morgan fingerprint density at radius 3 is 1.34 bits per heavy atom. The number of fused-ring (bicyclic) bond motifs is 11. The number of rotatable bonds is 10. The summed E-state index contributed by atoms with van der Waals surface area (Å²) in [5.41, 5.74) is 27.2. The van der Waals surface area contributed by atoms with Crippen molar-refractivity contribution in [3.63, 3.8) is 0 Å². The van der Waals surface area contributed by atoms with Crippen LogP contribution in [0.5, 0.6) is 0 Å². The first-order chi connectivity index (χ1) is 46.2. The Kier molecular flexibility index (Phi) is 12.6. The van der Waals surface area contributed by atoms with Gasteiger partial charge in [-0.2, -0.15) is 0 Å². The number of benzene rings is 14. The molecule has 4 aliphatic heterocycles. The van der Waals surface area contributed by atoms with Gasteiger partial charge in [-0.15, -0.1) is 0 Å². The van der Waals surface area contributed by atoms with Crippen molar-refractivity contribution < 1.29 is 0 Å². The van der Waals surface area contributed by atoms with E-state index in [1.807, 2.05) is 23.5 Å². The smallest absolute Gasteiger partial charge is 0.249 e. The monoisotopic (exact) mass is 1220 g/mol. The van der Waals surface area contributed by atoms with E-state index in [9.17, 15) is 0 Å². The lowest BCUT2D eigenvalue weighted by atomic mass is 9.31. The topological polar surface area (TPSA) is 17.9 Å². The van der Waals surface area contributed by atoms with Crippen LogP contribution in [-0.2, 0) is 0 Å². The molecule has 0 atom stereocenters. The summed E-state index contributed by atoms with van der Waals surface area (Å²) in [4.78, 5) is 15.0. The van der Waals surface area contributed by atoms with E-state index in [2.05, 4.69) is 358 Å². The Balaban J connectivity index is 0.908. The largest absolute Gasteiger partial charge is 0.311 e. The summed E-state index contributed by atoms with van der Waals surface area (Å²) in [6.45, 7) is -0.169. The van der Waals surface area contributed by atoms with E-state index in [-0.39, 0.29) is 13.4 Å². The lowest BCUT2D eigenvalue weighted by Gasteiger charge is -2.44. The molecule has 19 rings (SSSR count). The van der Waals surface area contributed by atoms with Crippen LogP contribution in [0.1, 0.15) is 0 Å². The summed E-state index contributed by atoms with van der Waals surface area (Å²) in [5, 5.41) is 2.44. The number of hydrogen-bond acceptors (Lipinski definition) is 6. The van der Waals surface area contributed by atoms with Gasteiger partial charge in [0.25, 0.3) is 0 Å². The van der Waals surface area contributed by atoms with Crippen LogP contribution in [-0.4, -0.2) is 18.0 Å². The second-order valence-corrected chi connectivity index (χ2v) is 26.5. The molecule has 4 aliphatic rings. The van der Waals surface area contributed by atoms with E-state index in [0.29, 0.717) is 0 Å². The maximum absolute atomic E-state index is 2.66. The molecule has 5 heterocycles. The third kappa shape index (κ3) is 8.54. The predicted molar refractivity (Wildman–Crippen MR) is 395 cm³/mol. The third-order valence-corrected chi connectivity index (χ3v) is 21.5. The normalized spacial score (nSPS) is 13.0. The number of nitrogens with zero attached hydrogens (tertiary/aromatic N) is 5. The zero-order chi connectivity index (χ0) is 61.1. The van der Waals surface area contributed by atoms with E-state index in [1.165, 1.54) is 91.2 Å². The van der Waals surface area contributed by atoms with E-state index >= 15 is 0 Å². The Hall–Kier alpha value is -11.1. The average molecular weight is 1220 g/mol. The molecule has 0 bridgehead atoms. The summed E-state index contributed by atoms with van der Waals surface area (Å²) >= 11 is 3.82. The van der Waals surface area contributed by atoms with E-state index in [0.717, 1.165) is 68.0 Å². The van der Waals surface area contributed by atoms with Crippen LogP contribution in [0, 0.1) is 0 Å². The van der Waals surface area contributed by atoms with E-state index in [4.69, 9.17) is 0 Å². The molecular formula is C84H55B2N5S2. The molecule has 0 amide bonds. The molecule has 0 spiro atoms. The minimum atomic E-state index is -0.0886. The molecule has 14 aromatic carbocycles. The van der Waals surface area contributed by atoms with Crippen LogP contribution in [0.25, 0.3) is 38.6 Å². The fourth-order valence-corrected chi connectivity index (χ4v) is 17.8. The summed E-state index contributed by atoms with van der Waals surface area (Å²) in [6.07, 6.45) is 0. The van der Waals surface area contributed by atoms with Crippen LogP contribution in [0.15, 0.2) is 353 Å². The molecule has 0 N–H and O–H groups in total. The molecule has 93 heavy (non-hydrogen) atoms. The Morgan fingerprint density at radius 1 is 0.258 bits per heavy atom. The minimum Gasteiger partial charge on any atom is -0.311 e. The molecule has 434 valence electrons. The fourth-order valence-electron chi connectivity index (χ4n) is 15.4. The van der Waals surface area contributed by atoms with Crippen molar-refractivity contribution in [2.75, 3.05) is 19.6 Å². The van der Waals surface area contributed by atoms with Gasteiger partial charge in [0, 0.05) is 110 Å². The molecule has 0 saturated carbocycles. The van der Waals surface area contributed by atoms with Crippen molar-refractivity contribution in [3.05, 3.63) is 334 Å². The van der Waals surface area contributed by atoms with Gasteiger partial charge in [-0.1, -0.05) is 241 Å². The van der Waals surface area contributed by atoms with Crippen LogP contribution < -0.4 is 52.4 Å².